The van der Waals surface area contributed by atoms with Crippen molar-refractivity contribution in [1.82, 2.24) is 15.2 Å². The zero-order valence-corrected chi connectivity index (χ0v) is 12.5. The third kappa shape index (κ3) is 2.80. The summed E-state index contributed by atoms with van der Waals surface area (Å²) in [5.74, 6) is -1.31. The summed E-state index contributed by atoms with van der Waals surface area (Å²) in [4.78, 5) is 14.8. The molecule has 0 spiro atoms. The van der Waals surface area contributed by atoms with Crippen LogP contribution in [0.4, 0.5) is 5.82 Å². The number of carbonyl (C=O) groups is 1. The van der Waals surface area contributed by atoms with Gasteiger partial charge in [-0.05, 0) is 34.5 Å². The second-order valence-electron chi connectivity index (χ2n) is 3.84. The number of aromatic nitrogens is 3. The summed E-state index contributed by atoms with van der Waals surface area (Å²) in [7, 11) is -4.10. The number of carboxylic acid groups (broad SMARTS) is 1. The topological polar surface area (TPSA) is 125 Å². The highest BCUT2D eigenvalue weighted by molar-refractivity contribution is 9.10. The van der Waals surface area contributed by atoms with Gasteiger partial charge >= 0.3 is 5.97 Å². The summed E-state index contributed by atoms with van der Waals surface area (Å²) < 4.78 is 27.1. The number of H-pyrrole nitrogens is 1. The van der Waals surface area contributed by atoms with Crippen molar-refractivity contribution in [3.8, 4) is 0 Å². The first kappa shape index (κ1) is 14.5. The van der Waals surface area contributed by atoms with Crippen LogP contribution in [0.1, 0.15) is 15.9 Å². The van der Waals surface area contributed by atoms with Gasteiger partial charge < -0.3 is 5.11 Å². The lowest BCUT2D eigenvalue weighted by atomic mass is 10.3. The van der Waals surface area contributed by atoms with Crippen molar-refractivity contribution in [2.45, 2.75) is 11.9 Å². The Labute approximate surface area is 122 Å². The van der Waals surface area contributed by atoms with Crippen molar-refractivity contribution in [2.24, 2.45) is 0 Å². The molecule has 20 heavy (non-hydrogen) atoms. The van der Waals surface area contributed by atoms with E-state index in [0.29, 0.717) is 0 Å². The highest BCUT2D eigenvalue weighted by atomic mass is 79.9. The van der Waals surface area contributed by atoms with Gasteiger partial charge in [-0.15, -0.1) is 0 Å². The smallest absolute Gasteiger partial charge is 0.340 e. The van der Waals surface area contributed by atoms with Crippen LogP contribution in [-0.2, 0) is 10.0 Å². The molecule has 10 heteroatoms. The fourth-order valence-electron chi connectivity index (χ4n) is 1.42. The van der Waals surface area contributed by atoms with Gasteiger partial charge in [0.1, 0.15) is 11.4 Å². The van der Waals surface area contributed by atoms with Crippen molar-refractivity contribution >= 4 is 37.7 Å². The van der Waals surface area contributed by atoms with E-state index in [0.717, 1.165) is 16.2 Å². The molecule has 0 fully saturated rings. The lowest BCUT2D eigenvalue weighted by Gasteiger charge is -2.07. The molecule has 2 heterocycles. The Bertz CT molecular complexity index is 771. The molecule has 2 aromatic rings. The van der Waals surface area contributed by atoms with Crippen molar-refractivity contribution in [3.63, 3.8) is 0 Å². The van der Waals surface area contributed by atoms with Gasteiger partial charge in [-0.1, -0.05) is 0 Å². The number of aromatic amines is 1. The van der Waals surface area contributed by atoms with E-state index >= 15 is 0 Å². The molecule has 0 unspecified atom stereocenters. The predicted octanol–water partition coefficient (Wildman–Crippen LogP) is 1.37. The predicted molar refractivity (Wildman–Crippen MR) is 73.0 cm³/mol. The third-order valence-electron chi connectivity index (χ3n) is 2.39. The summed E-state index contributed by atoms with van der Waals surface area (Å²) in [6.07, 6.45) is 2.37. The lowest BCUT2D eigenvalue weighted by molar-refractivity contribution is 0.0692. The van der Waals surface area contributed by atoms with E-state index in [1.807, 2.05) is 0 Å². The van der Waals surface area contributed by atoms with Crippen LogP contribution in [-0.4, -0.2) is 34.7 Å². The summed E-state index contributed by atoms with van der Waals surface area (Å²) >= 11 is 3.24. The third-order valence-corrected chi connectivity index (χ3v) is 4.55. The van der Waals surface area contributed by atoms with E-state index in [2.05, 4.69) is 35.8 Å². The highest BCUT2D eigenvalue weighted by Gasteiger charge is 2.25. The number of hydrogen-bond donors (Lipinski definition) is 3. The quantitative estimate of drug-likeness (QED) is 0.755. The second kappa shape index (κ2) is 5.21. The molecular formula is C10H9BrN4O4S. The number of nitrogens with zero attached hydrogens (tertiary/aromatic N) is 2. The zero-order valence-electron chi connectivity index (χ0n) is 10.1. The fourth-order valence-corrected chi connectivity index (χ4v) is 2.72. The minimum Gasteiger partial charge on any atom is -0.478 e. The average molecular weight is 361 g/mol. The number of sulfonamides is 1. The molecule has 0 atom stereocenters. The van der Waals surface area contributed by atoms with Gasteiger partial charge in [-0.3, -0.25) is 9.82 Å². The standard InChI is InChI=1S/C10H9BrN4O4S/c1-5-2-8(12-4-7(5)11)15-20(18,19)9-6(10(16)17)3-13-14-9/h2-4H,1H3,(H,12,15)(H,13,14)(H,16,17). The van der Waals surface area contributed by atoms with Crippen LogP contribution in [0.2, 0.25) is 0 Å². The molecule has 0 amide bonds. The van der Waals surface area contributed by atoms with E-state index in [1.165, 1.54) is 12.3 Å². The summed E-state index contributed by atoms with van der Waals surface area (Å²) in [5.41, 5.74) is 0.340. The summed E-state index contributed by atoms with van der Waals surface area (Å²) in [6.45, 7) is 1.77. The van der Waals surface area contributed by atoms with Crippen molar-refractivity contribution in [3.05, 3.63) is 34.1 Å². The first-order valence-corrected chi connectivity index (χ1v) is 7.50. The van der Waals surface area contributed by atoms with Crippen LogP contribution in [0.25, 0.3) is 0 Å². The van der Waals surface area contributed by atoms with Crippen LogP contribution in [0.5, 0.6) is 0 Å². The SMILES string of the molecule is Cc1cc(NS(=O)(=O)c2[nH]ncc2C(=O)O)ncc1Br. The van der Waals surface area contributed by atoms with Gasteiger partial charge in [0.15, 0.2) is 5.03 Å². The molecule has 2 aromatic heterocycles. The van der Waals surface area contributed by atoms with Crippen molar-refractivity contribution in [2.75, 3.05) is 4.72 Å². The van der Waals surface area contributed by atoms with Crippen LogP contribution >= 0.6 is 15.9 Å². The number of pyridine rings is 1. The van der Waals surface area contributed by atoms with E-state index in [1.54, 1.807) is 6.92 Å². The van der Waals surface area contributed by atoms with Crippen LogP contribution in [0.15, 0.2) is 28.0 Å². The molecule has 0 bridgehead atoms. The number of rotatable bonds is 4. The Morgan fingerprint density at radius 3 is 2.75 bits per heavy atom. The number of anilines is 1. The van der Waals surface area contributed by atoms with Gasteiger partial charge in [0.05, 0.1) is 6.20 Å². The fraction of sp³-hybridized carbons (Fsp3) is 0.100. The number of aryl methyl sites for hydroxylation is 1. The number of nitrogens with one attached hydrogen (secondary N) is 2. The number of carboxylic acids is 1. The Balaban J connectivity index is 2.38. The lowest BCUT2D eigenvalue weighted by Crippen LogP contribution is -2.17. The van der Waals surface area contributed by atoms with E-state index in [9.17, 15) is 13.2 Å². The van der Waals surface area contributed by atoms with Gasteiger partial charge in [-0.2, -0.15) is 13.5 Å². The molecule has 2 rings (SSSR count). The van der Waals surface area contributed by atoms with Gasteiger partial charge in [0.25, 0.3) is 10.0 Å². The Morgan fingerprint density at radius 2 is 2.15 bits per heavy atom. The Kier molecular flexibility index (Phi) is 3.77. The Hall–Kier alpha value is -1.94. The molecule has 3 N–H and O–H groups in total. The molecule has 8 nitrogen and oxygen atoms in total. The molecule has 0 aliphatic carbocycles. The molecule has 0 saturated heterocycles. The maximum Gasteiger partial charge on any atom is 0.340 e. The monoisotopic (exact) mass is 360 g/mol. The van der Waals surface area contributed by atoms with E-state index < -0.39 is 26.6 Å². The highest BCUT2D eigenvalue weighted by Crippen LogP contribution is 2.20. The van der Waals surface area contributed by atoms with Crippen LogP contribution < -0.4 is 4.72 Å². The minimum atomic E-state index is -4.10. The van der Waals surface area contributed by atoms with Gasteiger partial charge in [0, 0.05) is 10.7 Å². The summed E-state index contributed by atoms with van der Waals surface area (Å²) in [6, 6.07) is 1.51. The molecule has 106 valence electrons. The van der Waals surface area contributed by atoms with Gasteiger partial charge in [-0.25, -0.2) is 9.78 Å². The van der Waals surface area contributed by atoms with Crippen molar-refractivity contribution < 1.29 is 18.3 Å². The second-order valence-corrected chi connectivity index (χ2v) is 6.32. The normalized spacial score (nSPS) is 11.3. The minimum absolute atomic E-state index is 0.0802. The zero-order chi connectivity index (χ0) is 14.9. The average Bonchev–Trinajstić information content (AvgIpc) is 2.83. The van der Waals surface area contributed by atoms with Crippen LogP contribution in [0, 0.1) is 6.92 Å². The van der Waals surface area contributed by atoms with Crippen molar-refractivity contribution in [1.29, 1.82) is 0 Å². The Morgan fingerprint density at radius 1 is 1.45 bits per heavy atom. The molecular weight excluding hydrogens is 352 g/mol. The molecule has 0 radical (unpaired) electrons. The molecule has 0 aliphatic rings. The summed E-state index contributed by atoms with van der Waals surface area (Å²) in [5, 5.41) is 14.0. The maximum absolute atomic E-state index is 12.1. The number of halogens is 1. The largest absolute Gasteiger partial charge is 0.478 e. The van der Waals surface area contributed by atoms with Crippen LogP contribution in [0.3, 0.4) is 0 Å². The van der Waals surface area contributed by atoms with E-state index in [4.69, 9.17) is 5.11 Å². The number of hydrogen-bond acceptors (Lipinski definition) is 5. The maximum atomic E-state index is 12.1. The van der Waals surface area contributed by atoms with Gasteiger partial charge in [0.2, 0.25) is 0 Å². The number of aromatic carboxylic acids is 1. The molecule has 0 saturated carbocycles. The first-order valence-electron chi connectivity index (χ1n) is 5.23. The first-order chi connectivity index (χ1) is 9.31. The molecule has 0 aliphatic heterocycles. The molecule has 0 aromatic carbocycles. The van der Waals surface area contributed by atoms with E-state index in [-0.39, 0.29) is 5.82 Å².